The molecule has 32 heavy (non-hydrogen) atoms. The van der Waals surface area contributed by atoms with Crippen LogP contribution in [-0.2, 0) is 13.8 Å². The first-order chi connectivity index (χ1) is 15.2. The second-order valence-electron chi connectivity index (χ2n) is 7.50. The Morgan fingerprint density at radius 1 is 1.34 bits per heavy atom. The molecule has 0 bridgehead atoms. The Balaban J connectivity index is 1.38. The molecule has 2 aromatic heterocycles. The van der Waals surface area contributed by atoms with Gasteiger partial charge in [0, 0.05) is 7.05 Å². The van der Waals surface area contributed by atoms with Gasteiger partial charge < -0.3 is 29.9 Å². The van der Waals surface area contributed by atoms with Crippen molar-refractivity contribution in [3.05, 3.63) is 30.6 Å². The van der Waals surface area contributed by atoms with Gasteiger partial charge in [-0.3, -0.25) is 9.09 Å². The van der Waals surface area contributed by atoms with Crippen LogP contribution in [0.3, 0.4) is 0 Å². The van der Waals surface area contributed by atoms with E-state index in [-0.39, 0.29) is 23.1 Å². The van der Waals surface area contributed by atoms with Crippen molar-refractivity contribution in [2.24, 2.45) is 0 Å². The molecule has 2 aliphatic heterocycles. The average molecular weight is 466 g/mol. The van der Waals surface area contributed by atoms with Crippen molar-refractivity contribution < 1.29 is 32.4 Å². The molecule has 4 heterocycles. The number of aliphatic hydroxyl groups is 1. The van der Waals surface area contributed by atoms with Crippen LogP contribution in [0.15, 0.2) is 30.6 Å². The van der Waals surface area contributed by atoms with Crippen molar-refractivity contribution >= 4 is 30.8 Å². The molecule has 0 radical (unpaired) electrons. The number of hydrogen-bond acceptors (Lipinski definition) is 11. The predicted molar refractivity (Wildman–Crippen MR) is 110 cm³/mol. The summed E-state index contributed by atoms with van der Waals surface area (Å²) in [4.78, 5) is 12.4. The number of ether oxygens (including phenoxy) is 1. The molecule has 0 unspecified atom stereocenters. The molecule has 4 atom stereocenters. The van der Waals surface area contributed by atoms with Gasteiger partial charge in [0.15, 0.2) is 40.4 Å². The summed E-state index contributed by atoms with van der Waals surface area (Å²) < 4.78 is 51.3. The number of benzene rings is 1. The maximum Gasteiger partial charge on any atom is 0.587 e. The summed E-state index contributed by atoms with van der Waals surface area (Å²) in [7, 11) is -2.35. The fraction of sp³-hybridized carbons (Fsp3) is 0.389. The number of rotatable bonds is 5. The van der Waals surface area contributed by atoms with E-state index in [1.54, 1.807) is 31.3 Å². The molecule has 3 aromatic rings. The summed E-state index contributed by atoms with van der Waals surface area (Å²) in [6, 6.07) is 6.52. The van der Waals surface area contributed by atoms with Gasteiger partial charge in [0.2, 0.25) is 5.95 Å². The zero-order chi connectivity index (χ0) is 22.7. The zero-order valence-corrected chi connectivity index (χ0v) is 17.9. The molecular formula is C18H20FN6O6P. The highest BCUT2D eigenvalue weighted by atomic mass is 31.2. The molecule has 1 saturated heterocycles. The lowest BCUT2D eigenvalue weighted by molar-refractivity contribution is -0.0553. The molecule has 1 fully saturated rings. The fourth-order valence-electron chi connectivity index (χ4n) is 3.71. The fourth-order valence-corrected chi connectivity index (χ4v) is 4.96. The third-order valence-electron chi connectivity index (χ3n) is 5.31. The summed E-state index contributed by atoms with van der Waals surface area (Å²) in [6.07, 6.45) is -2.81. The van der Waals surface area contributed by atoms with Crippen LogP contribution >= 0.6 is 7.82 Å². The lowest BCUT2D eigenvalue weighted by Gasteiger charge is -2.24. The van der Waals surface area contributed by atoms with Crippen LogP contribution in [0.4, 0.5) is 16.2 Å². The molecule has 0 spiro atoms. The lowest BCUT2D eigenvalue weighted by Crippen LogP contribution is -2.40. The second kappa shape index (κ2) is 7.27. The largest absolute Gasteiger partial charge is 0.587 e. The molecule has 5 rings (SSSR count). The van der Waals surface area contributed by atoms with E-state index in [1.807, 2.05) is 0 Å². The van der Waals surface area contributed by atoms with Crippen molar-refractivity contribution in [2.75, 3.05) is 24.7 Å². The standard InChI is InChI=1S/C18H20FN6O6P/c1-18(19)13(26)11(7-28-32(27)30-9-5-3-4-6-10(9)31-32)29-16(18)25-8-22-12-14(21-2)23-17(20)24-15(12)25/h3-6,8,11,13,16,26H,7H2,1-2H3,(H3,20,21,23,24)/t11-,13-,16-,18-/m1/s1. The maximum atomic E-state index is 15.6. The normalized spacial score (nSPS) is 28.3. The van der Waals surface area contributed by atoms with Crippen molar-refractivity contribution in [3.63, 3.8) is 0 Å². The van der Waals surface area contributed by atoms with Crippen LogP contribution in [0.25, 0.3) is 11.2 Å². The van der Waals surface area contributed by atoms with Gasteiger partial charge in [-0.1, -0.05) is 12.1 Å². The number of nitrogens with two attached hydrogens (primary N) is 1. The van der Waals surface area contributed by atoms with Crippen molar-refractivity contribution in [1.29, 1.82) is 0 Å². The van der Waals surface area contributed by atoms with E-state index >= 15 is 4.39 Å². The van der Waals surface area contributed by atoms with E-state index in [1.165, 1.54) is 17.8 Å². The lowest BCUT2D eigenvalue weighted by atomic mass is 9.98. The molecule has 14 heteroatoms. The van der Waals surface area contributed by atoms with Crippen molar-refractivity contribution in [3.8, 4) is 11.5 Å². The van der Waals surface area contributed by atoms with E-state index in [0.29, 0.717) is 11.3 Å². The molecule has 1 aromatic carbocycles. The minimum absolute atomic E-state index is 0.0456. The predicted octanol–water partition coefficient (Wildman–Crippen LogP) is 2.03. The summed E-state index contributed by atoms with van der Waals surface area (Å²) in [5.74, 6) is 0.841. The van der Waals surface area contributed by atoms with E-state index in [9.17, 15) is 9.67 Å². The number of nitrogens with one attached hydrogen (secondary N) is 1. The van der Waals surface area contributed by atoms with E-state index in [2.05, 4.69) is 20.3 Å². The summed E-state index contributed by atoms with van der Waals surface area (Å²) in [6.45, 7) is 0.728. The first-order valence-corrected chi connectivity index (χ1v) is 11.1. The van der Waals surface area contributed by atoms with Crippen LogP contribution in [0.1, 0.15) is 13.2 Å². The van der Waals surface area contributed by atoms with E-state index in [4.69, 9.17) is 24.0 Å². The molecule has 4 N–H and O–H groups in total. The van der Waals surface area contributed by atoms with Crippen LogP contribution in [-0.4, -0.2) is 56.2 Å². The molecule has 0 aliphatic carbocycles. The number of nitrogen functional groups attached to an aromatic ring is 1. The van der Waals surface area contributed by atoms with Crippen molar-refractivity contribution in [1.82, 2.24) is 19.5 Å². The van der Waals surface area contributed by atoms with Gasteiger partial charge in [-0.25, -0.2) is 13.9 Å². The first-order valence-electron chi connectivity index (χ1n) is 9.65. The number of aromatic nitrogens is 4. The number of phosphoric acid groups is 1. The molecular weight excluding hydrogens is 446 g/mol. The number of halogens is 1. The van der Waals surface area contributed by atoms with Crippen LogP contribution in [0, 0.1) is 0 Å². The topological polar surface area (TPSA) is 156 Å². The van der Waals surface area contributed by atoms with Gasteiger partial charge in [-0.15, -0.1) is 0 Å². The van der Waals surface area contributed by atoms with Gasteiger partial charge in [0.1, 0.15) is 12.2 Å². The minimum atomic E-state index is -3.99. The van der Waals surface area contributed by atoms with Gasteiger partial charge in [-0.05, 0) is 19.1 Å². The number of alkyl halides is 1. The van der Waals surface area contributed by atoms with Crippen LogP contribution in [0.2, 0.25) is 0 Å². The highest BCUT2D eigenvalue weighted by Crippen LogP contribution is 2.59. The number of nitrogens with zero attached hydrogens (tertiary/aromatic N) is 4. The van der Waals surface area contributed by atoms with Gasteiger partial charge in [-0.2, -0.15) is 9.97 Å². The molecule has 170 valence electrons. The quantitative estimate of drug-likeness (QED) is 0.473. The van der Waals surface area contributed by atoms with E-state index < -0.39 is 38.5 Å². The average Bonchev–Trinajstić information content (AvgIpc) is 3.38. The monoisotopic (exact) mass is 466 g/mol. The van der Waals surface area contributed by atoms with Crippen LogP contribution < -0.4 is 20.1 Å². The van der Waals surface area contributed by atoms with Crippen molar-refractivity contribution in [2.45, 2.75) is 31.0 Å². The van der Waals surface area contributed by atoms with Gasteiger partial charge in [0.25, 0.3) is 0 Å². The number of para-hydroxylation sites is 2. The van der Waals surface area contributed by atoms with Crippen LogP contribution in [0.5, 0.6) is 11.5 Å². The Morgan fingerprint density at radius 2 is 2.03 bits per heavy atom. The minimum Gasteiger partial charge on any atom is -0.391 e. The number of imidazole rings is 1. The summed E-state index contributed by atoms with van der Waals surface area (Å²) in [5.41, 5.74) is 4.05. The smallest absolute Gasteiger partial charge is 0.391 e. The molecule has 0 amide bonds. The maximum absolute atomic E-state index is 15.6. The highest BCUT2D eigenvalue weighted by molar-refractivity contribution is 7.49. The SMILES string of the molecule is CNc1nc(N)nc2c1ncn2[C@@H]1O[C@H](COP2(=O)Oc3ccccc3O2)[C@@H](O)[C@@]1(C)F. The first kappa shape index (κ1) is 20.9. The molecule has 12 nitrogen and oxygen atoms in total. The van der Waals surface area contributed by atoms with Gasteiger partial charge >= 0.3 is 7.82 Å². The van der Waals surface area contributed by atoms with E-state index in [0.717, 1.165) is 0 Å². The number of aliphatic hydroxyl groups excluding tert-OH is 1. The Kier molecular flexibility index (Phi) is 4.75. The Labute approximate surface area is 181 Å². The zero-order valence-electron chi connectivity index (χ0n) is 17.0. The Bertz CT molecular complexity index is 1210. The third kappa shape index (κ3) is 3.25. The molecule has 0 saturated carbocycles. The highest BCUT2D eigenvalue weighted by Gasteiger charge is 2.56. The third-order valence-corrected chi connectivity index (χ3v) is 6.62. The van der Waals surface area contributed by atoms with Gasteiger partial charge in [0.05, 0.1) is 12.9 Å². The number of fused-ring (bicyclic) bond motifs is 2. The number of anilines is 2. The number of hydrogen-bond donors (Lipinski definition) is 3. The summed E-state index contributed by atoms with van der Waals surface area (Å²) >= 11 is 0. The Hall–Kier alpha value is -2.99. The molecule has 2 aliphatic rings. The second-order valence-corrected chi connectivity index (χ2v) is 9.02. The Morgan fingerprint density at radius 3 is 2.69 bits per heavy atom. The summed E-state index contributed by atoms with van der Waals surface area (Å²) in [5, 5.41) is 13.4. The number of phosphoric ester groups is 1.